The summed E-state index contributed by atoms with van der Waals surface area (Å²) in [5.74, 6) is -0.688. The summed E-state index contributed by atoms with van der Waals surface area (Å²) in [5.41, 5.74) is 4.62. The smallest absolute Gasteiger partial charge is 0.406 e. The van der Waals surface area contributed by atoms with E-state index in [1.54, 1.807) is 4.90 Å². The molecule has 11 heteroatoms. The maximum absolute atomic E-state index is 15.3. The topological polar surface area (TPSA) is 117 Å². The highest BCUT2D eigenvalue weighted by molar-refractivity contribution is 6.23. The third kappa shape index (κ3) is 8.05. The number of aliphatic hydroxyl groups is 1. The highest BCUT2D eigenvalue weighted by atomic mass is 35.5. The van der Waals surface area contributed by atoms with E-state index in [1.165, 1.54) is 45.3 Å². The number of nitrogens with zero attached hydrogens (tertiary/aromatic N) is 1. The van der Waals surface area contributed by atoms with Crippen LogP contribution in [0.4, 0.5) is 18.4 Å². The van der Waals surface area contributed by atoms with Crippen molar-refractivity contribution in [3.63, 3.8) is 0 Å². The normalized spacial score (nSPS) is 27.0. The van der Waals surface area contributed by atoms with Gasteiger partial charge < -0.3 is 31.1 Å². The van der Waals surface area contributed by atoms with Gasteiger partial charge in [0.1, 0.15) is 17.4 Å². The minimum atomic E-state index is -1.91. The average Bonchev–Trinajstić information content (AvgIpc) is 2.93. The number of carbonyl (C=O) groups excluding carboxylic acids is 2. The molecule has 0 aromatic carbocycles. The van der Waals surface area contributed by atoms with E-state index in [2.05, 4.69) is 15.4 Å². The van der Waals surface area contributed by atoms with E-state index >= 15 is 4.39 Å². The van der Waals surface area contributed by atoms with Crippen molar-refractivity contribution in [2.45, 2.75) is 87.4 Å². The lowest BCUT2D eigenvalue weighted by molar-refractivity contribution is -0.0285. The van der Waals surface area contributed by atoms with Gasteiger partial charge in [-0.3, -0.25) is 0 Å². The Labute approximate surface area is 229 Å². The molecule has 1 heterocycles. The second kappa shape index (κ2) is 14.5. The van der Waals surface area contributed by atoms with Crippen LogP contribution in [0, 0.1) is 11.8 Å². The standard InChI is InChI=1S/C27H43ClF2N4O4/c1-38-26(36)32-13-6-12-27(37,21-10-11-22(29)23(28)24(21)30)19-9-5-14-34(17-19)25(35)33-16-20(31)15-18-7-3-2-4-8-18/h10-11,18-20,23-24,37H,2-9,12-17,31H2,1H3,(H,32,36)(H,33,35)/t19-,20+,23?,24?,27+/m1/s1. The van der Waals surface area contributed by atoms with Gasteiger partial charge in [-0.1, -0.05) is 38.2 Å². The molecule has 2 unspecified atom stereocenters. The molecule has 3 rings (SSSR count). The van der Waals surface area contributed by atoms with Gasteiger partial charge in [0.05, 0.1) is 12.7 Å². The van der Waals surface area contributed by atoms with Gasteiger partial charge in [0.15, 0.2) is 0 Å². The van der Waals surface area contributed by atoms with Gasteiger partial charge in [-0.25, -0.2) is 18.4 Å². The first-order valence-electron chi connectivity index (χ1n) is 13.8. The summed E-state index contributed by atoms with van der Waals surface area (Å²) >= 11 is 5.97. The number of likely N-dealkylation sites (tertiary alicyclic amines) is 1. The molecular weight excluding hydrogens is 518 g/mol. The first-order valence-corrected chi connectivity index (χ1v) is 14.3. The van der Waals surface area contributed by atoms with Crippen molar-refractivity contribution in [3.05, 3.63) is 23.6 Å². The van der Waals surface area contributed by atoms with Gasteiger partial charge in [0.2, 0.25) is 0 Å². The average molecular weight is 561 g/mol. The molecule has 2 fully saturated rings. The Morgan fingerprint density at radius 3 is 2.68 bits per heavy atom. The quantitative estimate of drug-likeness (QED) is 0.235. The van der Waals surface area contributed by atoms with Crippen LogP contribution in [-0.4, -0.2) is 78.6 Å². The number of alkyl halides is 2. The number of piperidine rings is 1. The molecule has 3 amide bonds. The van der Waals surface area contributed by atoms with E-state index in [4.69, 9.17) is 17.3 Å². The number of carbonyl (C=O) groups is 2. The van der Waals surface area contributed by atoms with Crippen LogP contribution in [0.5, 0.6) is 0 Å². The lowest BCUT2D eigenvalue weighted by atomic mass is 9.71. The number of ether oxygens (including phenoxy) is 1. The summed E-state index contributed by atoms with van der Waals surface area (Å²) < 4.78 is 33.8. The Kier molecular flexibility index (Phi) is 11.7. The molecule has 2 aliphatic carbocycles. The lowest BCUT2D eigenvalue weighted by Gasteiger charge is -2.45. The number of rotatable bonds is 10. The predicted molar refractivity (Wildman–Crippen MR) is 143 cm³/mol. The second-order valence-corrected chi connectivity index (χ2v) is 11.4. The summed E-state index contributed by atoms with van der Waals surface area (Å²) in [6.45, 7) is 1.28. The fraction of sp³-hybridized carbons (Fsp3) is 0.778. The maximum atomic E-state index is 15.3. The summed E-state index contributed by atoms with van der Waals surface area (Å²) in [4.78, 5) is 26.1. The molecule has 1 saturated heterocycles. The van der Waals surface area contributed by atoms with Crippen LogP contribution in [0.15, 0.2) is 23.6 Å². The number of nitrogens with one attached hydrogen (secondary N) is 2. The van der Waals surface area contributed by atoms with Crippen LogP contribution in [-0.2, 0) is 4.74 Å². The lowest BCUT2D eigenvalue weighted by Crippen LogP contribution is -2.55. The van der Waals surface area contributed by atoms with Gasteiger partial charge in [-0.2, -0.15) is 0 Å². The van der Waals surface area contributed by atoms with Crippen molar-refractivity contribution in [2.24, 2.45) is 17.6 Å². The molecule has 0 spiro atoms. The minimum Gasteiger partial charge on any atom is -0.453 e. The molecule has 5 atom stereocenters. The Bertz CT molecular complexity index is 870. The number of methoxy groups -OCH3 is 1. The van der Waals surface area contributed by atoms with E-state index in [0.717, 1.165) is 12.5 Å². The summed E-state index contributed by atoms with van der Waals surface area (Å²) in [6.07, 6.45) is 8.43. The number of hydrogen-bond donors (Lipinski definition) is 4. The molecule has 0 aromatic heterocycles. The van der Waals surface area contributed by atoms with Crippen molar-refractivity contribution >= 4 is 23.7 Å². The number of urea groups is 1. The van der Waals surface area contributed by atoms with E-state index < -0.39 is 35.0 Å². The highest BCUT2D eigenvalue weighted by Gasteiger charge is 2.47. The summed E-state index contributed by atoms with van der Waals surface area (Å²) in [6, 6.07) is -0.386. The van der Waals surface area contributed by atoms with Crippen molar-refractivity contribution in [1.82, 2.24) is 15.5 Å². The van der Waals surface area contributed by atoms with Crippen LogP contribution >= 0.6 is 11.6 Å². The SMILES string of the molecule is COC(=O)NCCC[C@@](O)(C1=CC=C(F)C(Cl)C1F)[C@@H]1CCCN(C(=O)NC[C@@H](N)CC2CCCCC2)C1. The van der Waals surface area contributed by atoms with Gasteiger partial charge >= 0.3 is 12.1 Å². The third-order valence-electron chi connectivity index (χ3n) is 8.19. The molecule has 0 bridgehead atoms. The number of amides is 3. The number of nitrogens with two attached hydrogens (primary N) is 1. The summed E-state index contributed by atoms with van der Waals surface area (Å²) in [5, 5.41) is 15.9. The molecule has 216 valence electrons. The van der Waals surface area contributed by atoms with Gasteiger partial charge in [0.25, 0.3) is 0 Å². The molecule has 38 heavy (non-hydrogen) atoms. The van der Waals surface area contributed by atoms with Crippen molar-refractivity contribution in [1.29, 1.82) is 0 Å². The first kappa shape index (κ1) is 30.6. The van der Waals surface area contributed by atoms with Crippen LogP contribution < -0.4 is 16.4 Å². The fourth-order valence-corrected chi connectivity index (χ4v) is 6.26. The van der Waals surface area contributed by atoms with Crippen LogP contribution in [0.25, 0.3) is 0 Å². The van der Waals surface area contributed by atoms with E-state index in [-0.39, 0.29) is 37.2 Å². The van der Waals surface area contributed by atoms with Gasteiger partial charge in [-0.15, -0.1) is 11.6 Å². The van der Waals surface area contributed by atoms with Gasteiger partial charge in [0, 0.05) is 38.1 Å². The molecule has 5 N–H and O–H groups in total. The molecule has 8 nitrogen and oxygen atoms in total. The molecule has 3 aliphatic rings. The number of allylic oxidation sites excluding steroid dienone is 3. The van der Waals surface area contributed by atoms with Crippen molar-refractivity contribution in [2.75, 3.05) is 33.3 Å². The first-order chi connectivity index (χ1) is 18.2. The van der Waals surface area contributed by atoms with Crippen molar-refractivity contribution < 1.29 is 28.2 Å². The van der Waals surface area contributed by atoms with E-state index in [0.29, 0.717) is 38.3 Å². The van der Waals surface area contributed by atoms with Crippen LogP contribution in [0.2, 0.25) is 0 Å². The second-order valence-electron chi connectivity index (χ2n) is 10.9. The van der Waals surface area contributed by atoms with E-state index in [1.807, 2.05) is 0 Å². The van der Waals surface area contributed by atoms with Gasteiger partial charge in [-0.05, 0) is 49.7 Å². The molecule has 1 aliphatic heterocycles. The Hall–Kier alpha value is -1.91. The highest BCUT2D eigenvalue weighted by Crippen LogP contribution is 2.43. The number of halogens is 3. The zero-order valence-electron chi connectivity index (χ0n) is 22.3. The maximum Gasteiger partial charge on any atom is 0.406 e. The number of hydrogen-bond acceptors (Lipinski definition) is 5. The minimum absolute atomic E-state index is 0.00118. The predicted octanol–water partition coefficient (Wildman–Crippen LogP) is 4.31. The molecular formula is C27H43ClF2N4O4. The Balaban J connectivity index is 1.65. The summed E-state index contributed by atoms with van der Waals surface area (Å²) in [7, 11) is 1.25. The zero-order valence-corrected chi connectivity index (χ0v) is 23.0. The van der Waals surface area contributed by atoms with E-state index in [9.17, 15) is 19.1 Å². The Morgan fingerprint density at radius 2 is 1.97 bits per heavy atom. The molecule has 0 aromatic rings. The third-order valence-corrected chi connectivity index (χ3v) is 8.62. The van der Waals surface area contributed by atoms with Crippen molar-refractivity contribution in [3.8, 4) is 0 Å². The Morgan fingerprint density at radius 1 is 1.24 bits per heavy atom. The monoisotopic (exact) mass is 560 g/mol. The molecule has 1 saturated carbocycles. The largest absolute Gasteiger partial charge is 0.453 e. The number of alkyl carbamates (subject to hydrolysis) is 1. The van der Waals surface area contributed by atoms with Crippen LogP contribution in [0.3, 0.4) is 0 Å². The van der Waals surface area contributed by atoms with Crippen LogP contribution in [0.1, 0.15) is 64.2 Å². The fourth-order valence-electron chi connectivity index (χ4n) is 6.05. The molecule has 0 radical (unpaired) electrons. The zero-order chi connectivity index (χ0) is 27.7.